The van der Waals surface area contributed by atoms with Crippen molar-refractivity contribution in [1.29, 1.82) is 0 Å². The van der Waals surface area contributed by atoms with Gasteiger partial charge in [-0.25, -0.2) is 4.68 Å². The summed E-state index contributed by atoms with van der Waals surface area (Å²) < 4.78 is 1.54. The number of hydrogen-bond donors (Lipinski definition) is 1. The molecule has 0 spiro atoms. The minimum absolute atomic E-state index is 0.0214. The minimum Gasteiger partial charge on any atom is -0.312 e. The first-order valence-corrected chi connectivity index (χ1v) is 8.46. The first kappa shape index (κ1) is 16.4. The predicted molar refractivity (Wildman–Crippen MR) is 98.2 cm³/mol. The maximum atomic E-state index is 12.4. The SMILES string of the molecule is C[C@H](CCc1ccccc1)NCCn1ncc2ccccc2c1=O. The van der Waals surface area contributed by atoms with Crippen LogP contribution in [-0.4, -0.2) is 22.4 Å². The zero-order valence-corrected chi connectivity index (χ0v) is 14.0. The first-order chi connectivity index (χ1) is 11.7. The Labute approximate surface area is 142 Å². The molecule has 124 valence electrons. The topological polar surface area (TPSA) is 46.9 Å². The molecule has 0 unspecified atom stereocenters. The molecule has 0 amide bonds. The highest BCUT2D eigenvalue weighted by Gasteiger charge is 2.05. The lowest BCUT2D eigenvalue weighted by Crippen LogP contribution is -2.33. The van der Waals surface area contributed by atoms with Gasteiger partial charge < -0.3 is 5.32 Å². The number of benzene rings is 2. The van der Waals surface area contributed by atoms with Crippen LogP contribution >= 0.6 is 0 Å². The summed E-state index contributed by atoms with van der Waals surface area (Å²) in [6, 6.07) is 18.5. The van der Waals surface area contributed by atoms with Crippen LogP contribution in [0.5, 0.6) is 0 Å². The predicted octanol–water partition coefficient (Wildman–Crippen LogP) is 3.01. The van der Waals surface area contributed by atoms with Gasteiger partial charge in [0.25, 0.3) is 5.56 Å². The third kappa shape index (κ3) is 4.09. The fraction of sp³-hybridized carbons (Fsp3) is 0.300. The van der Waals surface area contributed by atoms with Crippen molar-refractivity contribution in [3.8, 4) is 0 Å². The normalized spacial score (nSPS) is 12.4. The molecule has 4 heteroatoms. The van der Waals surface area contributed by atoms with E-state index in [-0.39, 0.29) is 5.56 Å². The summed E-state index contributed by atoms with van der Waals surface area (Å²) in [5.41, 5.74) is 1.34. The molecule has 3 aromatic rings. The van der Waals surface area contributed by atoms with Gasteiger partial charge in [0.2, 0.25) is 0 Å². The number of nitrogens with zero attached hydrogens (tertiary/aromatic N) is 2. The van der Waals surface area contributed by atoms with Crippen molar-refractivity contribution >= 4 is 10.8 Å². The van der Waals surface area contributed by atoms with Gasteiger partial charge >= 0.3 is 0 Å². The van der Waals surface area contributed by atoms with Gasteiger partial charge in [-0.1, -0.05) is 48.5 Å². The lowest BCUT2D eigenvalue weighted by atomic mass is 10.1. The van der Waals surface area contributed by atoms with Crippen molar-refractivity contribution in [2.45, 2.75) is 32.4 Å². The van der Waals surface area contributed by atoms with Gasteiger partial charge in [0.15, 0.2) is 0 Å². The second-order valence-corrected chi connectivity index (χ2v) is 6.14. The summed E-state index contributed by atoms with van der Waals surface area (Å²) in [5.74, 6) is 0. The van der Waals surface area contributed by atoms with Gasteiger partial charge in [0.1, 0.15) is 0 Å². The lowest BCUT2D eigenvalue weighted by Gasteiger charge is -2.14. The van der Waals surface area contributed by atoms with E-state index in [0.717, 1.165) is 30.2 Å². The van der Waals surface area contributed by atoms with Crippen molar-refractivity contribution in [2.24, 2.45) is 0 Å². The van der Waals surface area contributed by atoms with E-state index in [1.165, 1.54) is 5.56 Å². The molecular formula is C20H23N3O. The molecule has 0 radical (unpaired) electrons. The number of nitrogens with one attached hydrogen (secondary N) is 1. The van der Waals surface area contributed by atoms with E-state index in [1.54, 1.807) is 10.9 Å². The number of hydrogen-bond acceptors (Lipinski definition) is 3. The third-order valence-electron chi connectivity index (χ3n) is 4.29. The van der Waals surface area contributed by atoms with E-state index in [0.29, 0.717) is 12.6 Å². The van der Waals surface area contributed by atoms with Crippen molar-refractivity contribution in [1.82, 2.24) is 15.1 Å². The highest BCUT2D eigenvalue weighted by atomic mass is 16.1. The Hall–Kier alpha value is -2.46. The van der Waals surface area contributed by atoms with Crippen LogP contribution in [0, 0.1) is 0 Å². The van der Waals surface area contributed by atoms with Crippen LogP contribution in [0.1, 0.15) is 18.9 Å². The molecule has 1 aromatic heterocycles. The molecule has 4 nitrogen and oxygen atoms in total. The molecule has 0 bridgehead atoms. The zero-order chi connectivity index (χ0) is 16.8. The summed E-state index contributed by atoms with van der Waals surface area (Å²) in [7, 11) is 0. The quantitative estimate of drug-likeness (QED) is 0.728. The molecule has 2 aromatic carbocycles. The van der Waals surface area contributed by atoms with Crippen molar-refractivity contribution in [2.75, 3.05) is 6.54 Å². The molecule has 1 atom stereocenters. The van der Waals surface area contributed by atoms with Crippen LogP contribution in [0.25, 0.3) is 10.8 Å². The van der Waals surface area contributed by atoms with Gasteiger partial charge in [-0.05, 0) is 31.4 Å². The van der Waals surface area contributed by atoms with E-state index < -0.39 is 0 Å². The van der Waals surface area contributed by atoms with Gasteiger partial charge in [-0.3, -0.25) is 4.79 Å². The van der Waals surface area contributed by atoms with Crippen LogP contribution < -0.4 is 10.9 Å². The van der Waals surface area contributed by atoms with E-state index in [2.05, 4.69) is 41.6 Å². The van der Waals surface area contributed by atoms with E-state index in [4.69, 9.17) is 0 Å². The molecule has 1 N–H and O–H groups in total. The van der Waals surface area contributed by atoms with Crippen LogP contribution in [0.15, 0.2) is 65.6 Å². The Morgan fingerprint density at radius 3 is 2.67 bits per heavy atom. The molecule has 0 aliphatic heterocycles. The maximum Gasteiger partial charge on any atom is 0.274 e. The van der Waals surface area contributed by atoms with Crippen LogP contribution in [0.2, 0.25) is 0 Å². The Morgan fingerprint density at radius 1 is 1.08 bits per heavy atom. The average molecular weight is 321 g/mol. The van der Waals surface area contributed by atoms with Crippen molar-refractivity contribution in [3.63, 3.8) is 0 Å². The minimum atomic E-state index is -0.0214. The summed E-state index contributed by atoms with van der Waals surface area (Å²) in [6.45, 7) is 3.50. The number of rotatable bonds is 7. The molecule has 0 fully saturated rings. The molecule has 0 saturated heterocycles. The monoisotopic (exact) mass is 321 g/mol. The standard InChI is InChI=1S/C20H23N3O/c1-16(11-12-17-7-3-2-4-8-17)21-13-14-23-20(24)19-10-6-5-9-18(19)15-22-23/h2-10,15-16,21H,11-14H2,1H3/t16-/m1/s1. The van der Waals surface area contributed by atoms with Gasteiger partial charge in [0.05, 0.1) is 18.1 Å². The maximum absolute atomic E-state index is 12.4. The highest BCUT2D eigenvalue weighted by Crippen LogP contribution is 2.06. The van der Waals surface area contributed by atoms with Crippen LogP contribution in [-0.2, 0) is 13.0 Å². The molecule has 0 saturated carbocycles. The van der Waals surface area contributed by atoms with Crippen molar-refractivity contribution in [3.05, 3.63) is 76.7 Å². The Morgan fingerprint density at radius 2 is 1.83 bits per heavy atom. The molecular weight excluding hydrogens is 298 g/mol. The summed E-state index contributed by atoms with van der Waals surface area (Å²) in [6.07, 6.45) is 3.89. The average Bonchev–Trinajstić information content (AvgIpc) is 2.63. The smallest absolute Gasteiger partial charge is 0.274 e. The van der Waals surface area contributed by atoms with E-state index in [1.807, 2.05) is 30.3 Å². The van der Waals surface area contributed by atoms with Gasteiger partial charge in [0, 0.05) is 18.0 Å². The van der Waals surface area contributed by atoms with Gasteiger partial charge in [-0.15, -0.1) is 0 Å². The lowest BCUT2D eigenvalue weighted by molar-refractivity contribution is 0.468. The largest absolute Gasteiger partial charge is 0.312 e. The number of aromatic nitrogens is 2. The Balaban J connectivity index is 1.51. The second-order valence-electron chi connectivity index (χ2n) is 6.14. The fourth-order valence-electron chi connectivity index (χ4n) is 2.83. The van der Waals surface area contributed by atoms with Gasteiger partial charge in [-0.2, -0.15) is 5.10 Å². The second kappa shape index (κ2) is 7.88. The molecule has 24 heavy (non-hydrogen) atoms. The van der Waals surface area contributed by atoms with Crippen molar-refractivity contribution < 1.29 is 0 Å². The third-order valence-corrected chi connectivity index (χ3v) is 4.29. The Bertz CT molecular complexity index is 842. The Kier molecular flexibility index (Phi) is 5.39. The summed E-state index contributed by atoms with van der Waals surface area (Å²) >= 11 is 0. The zero-order valence-electron chi connectivity index (χ0n) is 14.0. The fourth-order valence-corrected chi connectivity index (χ4v) is 2.83. The van der Waals surface area contributed by atoms with Crippen LogP contribution in [0.3, 0.4) is 0 Å². The first-order valence-electron chi connectivity index (χ1n) is 8.46. The molecule has 0 aliphatic carbocycles. The number of fused-ring (bicyclic) bond motifs is 1. The molecule has 3 rings (SSSR count). The number of aryl methyl sites for hydroxylation is 1. The van der Waals surface area contributed by atoms with Crippen LogP contribution in [0.4, 0.5) is 0 Å². The molecule has 0 aliphatic rings. The van der Waals surface area contributed by atoms with E-state index in [9.17, 15) is 4.79 Å². The summed E-state index contributed by atoms with van der Waals surface area (Å²) in [5, 5.41) is 9.36. The molecule has 1 heterocycles. The highest BCUT2D eigenvalue weighted by molar-refractivity contribution is 5.80. The summed E-state index contributed by atoms with van der Waals surface area (Å²) in [4.78, 5) is 12.4. The van der Waals surface area contributed by atoms with E-state index >= 15 is 0 Å².